The summed E-state index contributed by atoms with van der Waals surface area (Å²) < 4.78 is 36.1. The van der Waals surface area contributed by atoms with Crippen molar-refractivity contribution in [3.05, 3.63) is 17.8 Å². The molecule has 2 aliphatic heterocycles. The van der Waals surface area contributed by atoms with Crippen molar-refractivity contribution in [3.8, 4) is 0 Å². The van der Waals surface area contributed by atoms with Gasteiger partial charge in [-0.05, 0) is 19.8 Å². The minimum Gasteiger partial charge on any atom is -0.445 e. The number of rotatable bonds is 4. The number of piperazine rings is 1. The summed E-state index contributed by atoms with van der Waals surface area (Å²) in [4.78, 5) is 18.3. The van der Waals surface area contributed by atoms with Gasteiger partial charge in [0.15, 0.2) is 17.8 Å². The number of ether oxygens (including phenoxy) is 1. The second-order valence-corrected chi connectivity index (χ2v) is 7.92. The SMILES string of the molecule is CCS(=O)(=O)N1CCN(C(=O)c2ncoc2C2CCCO2)CC1. The third-order valence-electron chi connectivity index (χ3n) is 4.30. The predicted octanol–water partition coefficient (Wildman–Crippen LogP) is 0.634. The fourth-order valence-corrected chi connectivity index (χ4v) is 4.02. The number of hydrogen-bond acceptors (Lipinski definition) is 6. The second kappa shape index (κ2) is 6.58. The zero-order chi connectivity index (χ0) is 16.4. The monoisotopic (exact) mass is 343 g/mol. The highest BCUT2D eigenvalue weighted by atomic mass is 32.2. The molecule has 0 aromatic carbocycles. The van der Waals surface area contributed by atoms with E-state index in [1.165, 1.54) is 10.7 Å². The molecule has 9 heteroatoms. The van der Waals surface area contributed by atoms with Crippen molar-refractivity contribution in [1.82, 2.24) is 14.2 Å². The number of oxazole rings is 1. The molecule has 3 heterocycles. The topological polar surface area (TPSA) is 93.0 Å². The van der Waals surface area contributed by atoms with Crippen molar-refractivity contribution in [2.45, 2.75) is 25.9 Å². The van der Waals surface area contributed by atoms with E-state index in [1.54, 1.807) is 11.8 Å². The van der Waals surface area contributed by atoms with Gasteiger partial charge in [-0.2, -0.15) is 4.31 Å². The number of carbonyl (C=O) groups is 1. The number of hydrogen-bond donors (Lipinski definition) is 0. The normalized spacial score (nSPS) is 23.3. The lowest BCUT2D eigenvalue weighted by Crippen LogP contribution is -2.51. The molecule has 2 saturated heterocycles. The average Bonchev–Trinajstić information content (AvgIpc) is 3.25. The van der Waals surface area contributed by atoms with Crippen LogP contribution in [0.4, 0.5) is 0 Å². The molecule has 2 fully saturated rings. The Morgan fingerprint density at radius 1 is 1.35 bits per heavy atom. The average molecular weight is 343 g/mol. The molecule has 1 aromatic rings. The van der Waals surface area contributed by atoms with Crippen LogP contribution in [0.25, 0.3) is 0 Å². The Kier molecular flexibility index (Phi) is 4.69. The first-order valence-corrected chi connectivity index (χ1v) is 9.46. The van der Waals surface area contributed by atoms with Gasteiger partial charge in [0.1, 0.15) is 6.10 Å². The van der Waals surface area contributed by atoms with E-state index >= 15 is 0 Å². The van der Waals surface area contributed by atoms with Gasteiger partial charge < -0.3 is 14.1 Å². The highest BCUT2D eigenvalue weighted by Gasteiger charge is 2.33. The molecule has 2 aliphatic rings. The Hall–Kier alpha value is -1.45. The summed E-state index contributed by atoms with van der Waals surface area (Å²) >= 11 is 0. The van der Waals surface area contributed by atoms with E-state index < -0.39 is 10.0 Å². The van der Waals surface area contributed by atoms with Crippen LogP contribution in [-0.2, 0) is 14.8 Å². The Labute approximate surface area is 135 Å². The van der Waals surface area contributed by atoms with Crippen LogP contribution in [0.5, 0.6) is 0 Å². The summed E-state index contributed by atoms with van der Waals surface area (Å²) in [6.07, 6.45) is 2.81. The molecular weight excluding hydrogens is 322 g/mol. The molecule has 0 spiro atoms. The second-order valence-electron chi connectivity index (χ2n) is 5.66. The molecule has 1 unspecified atom stereocenters. The molecule has 0 aliphatic carbocycles. The van der Waals surface area contributed by atoms with Gasteiger partial charge in [-0.3, -0.25) is 4.79 Å². The summed E-state index contributed by atoms with van der Waals surface area (Å²) in [6.45, 7) is 3.62. The lowest BCUT2D eigenvalue weighted by atomic mass is 10.1. The van der Waals surface area contributed by atoms with E-state index in [0.29, 0.717) is 38.5 Å². The molecule has 23 heavy (non-hydrogen) atoms. The lowest BCUT2D eigenvalue weighted by Gasteiger charge is -2.33. The van der Waals surface area contributed by atoms with Crippen LogP contribution < -0.4 is 0 Å². The largest absolute Gasteiger partial charge is 0.445 e. The quantitative estimate of drug-likeness (QED) is 0.796. The molecule has 0 saturated carbocycles. The summed E-state index contributed by atoms with van der Waals surface area (Å²) in [7, 11) is -3.20. The van der Waals surface area contributed by atoms with Crippen LogP contribution in [0, 0.1) is 0 Å². The van der Waals surface area contributed by atoms with Crippen molar-refractivity contribution >= 4 is 15.9 Å². The summed E-state index contributed by atoms with van der Waals surface area (Å²) in [5.74, 6) is 0.335. The number of sulfonamides is 1. The Bertz CT molecular complexity index is 658. The van der Waals surface area contributed by atoms with Gasteiger partial charge in [-0.1, -0.05) is 0 Å². The third kappa shape index (κ3) is 3.26. The van der Waals surface area contributed by atoms with Gasteiger partial charge >= 0.3 is 0 Å². The molecular formula is C14H21N3O5S. The molecule has 8 nitrogen and oxygen atoms in total. The summed E-state index contributed by atoms with van der Waals surface area (Å²) in [6, 6.07) is 0. The van der Waals surface area contributed by atoms with Crippen LogP contribution in [0.3, 0.4) is 0 Å². The van der Waals surface area contributed by atoms with Gasteiger partial charge in [-0.25, -0.2) is 13.4 Å². The van der Waals surface area contributed by atoms with Crippen LogP contribution in [0.1, 0.15) is 42.1 Å². The predicted molar refractivity (Wildman–Crippen MR) is 81.4 cm³/mol. The molecule has 1 atom stereocenters. The first kappa shape index (κ1) is 16.4. The lowest BCUT2D eigenvalue weighted by molar-refractivity contribution is 0.0663. The van der Waals surface area contributed by atoms with Crippen molar-refractivity contribution in [2.75, 3.05) is 38.5 Å². The standard InChI is InChI=1S/C14H21N3O5S/c1-2-23(19,20)17-7-5-16(6-8-17)14(18)12-13(22-10-15-12)11-4-3-9-21-11/h10-11H,2-9H2,1H3. The fraction of sp³-hybridized carbons (Fsp3) is 0.714. The molecule has 3 rings (SSSR count). The summed E-state index contributed by atoms with van der Waals surface area (Å²) in [5, 5.41) is 0. The van der Waals surface area contributed by atoms with E-state index in [1.807, 2.05) is 0 Å². The van der Waals surface area contributed by atoms with Crippen LogP contribution in [-0.4, -0.2) is 67.1 Å². The van der Waals surface area contributed by atoms with Gasteiger partial charge in [-0.15, -0.1) is 0 Å². The molecule has 128 valence electrons. The number of nitrogens with zero attached hydrogens (tertiary/aromatic N) is 3. The maximum atomic E-state index is 12.6. The van der Waals surface area contributed by atoms with Gasteiger partial charge in [0.2, 0.25) is 10.0 Å². The molecule has 1 aromatic heterocycles. The van der Waals surface area contributed by atoms with Gasteiger partial charge in [0.05, 0.1) is 5.75 Å². The Morgan fingerprint density at radius 2 is 2.09 bits per heavy atom. The summed E-state index contributed by atoms with van der Waals surface area (Å²) in [5.41, 5.74) is 0.281. The van der Waals surface area contributed by atoms with Crippen LogP contribution >= 0.6 is 0 Å². The van der Waals surface area contributed by atoms with Crippen molar-refractivity contribution in [3.63, 3.8) is 0 Å². The molecule has 0 bridgehead atoms. The van der Waals surface area contributed by atoms with Crippen LogP contribution in [0.15, 0.2) is 10.8 Å². The highest BCUT2D eigenvalue weighted by molar-refractivity contribution is 7.89. The first-order chi connectivity index (χ1) is 11.0. The minimum atomic E-state index is -3.20. The van der Waals surface area contributed by atoms with E-state index in [4.69, 9.17) is 9.15 Å². The van der Waals surface area contributed by atoms with Crippen molar-refractivity contribution in [1.29, 1.82) is 0 Å². The number of aromatic nitrogens is 1. The number of amides is 1. The first-order valence-electron chi connectivity index (χ1n) is 7.85. The molecule has 0 N–H and O–H groups in total. The third-order valence-corrected chi connectivity index (χ3v) is 6.19. The van der Waals surface area contributed by atoms with E-state index in [-0.39, 0.29) is 23.5 Å². The van der Waals surface area contributed by atoms with Crippen molar-refractivity contribution < 1.29 is 22.4 Å². The maximum absolute atomic E-state index is 12.6. The zero-order valence-corrected chi connectivity index (χ0v) is 13.9. The van der Waals surface area contributed by atoms with E-state index in [0.717, 1.165) is 12.8 Å². The van der Waals surface area contributed by atoms with E-state index in [2.05, 4.69) is 4.98 Å². The van der Waals surface area contributed by atoms with Crippen LogP contribution in [0.2, 0.25) is 0 Å². The maximum Gasteiger partial charge on any atom is 0.276 e. The Balaban J connectivity index is 1.67. The fourth-order valence-electron chi connectivity index (χ4n) is 2.93. The van der Waals surface area contributed by atoms with E-state index in [9.17, 15) is 13.2 Å². The Morgan fingerprint density at radius 3 is 2.70 bits per heavy atom. The zero-order valence-electron chi connectivity index (χ0n) is 13.1. The number of carbonyl (C=O) groups excluding carboxylic acids is 1. The van der Waals surface area contributed by atoms with Crippen molar-refractivity contribution in [2.24, 2.45) is 0 Å². The molecule has 1 amide bonds. The molecule has 0 radical (unpaired) electrons. The van der Waals surface area contributed by atoms with Gasteiger partial charge in [0.25, 0.3) is 5.91 Å². The van der Waals surface area contributed by atoms with Gasteiger partial charge in [0, 0.05) is 32.8 Å². The smallest absolute Gasteiger partial charge is 0.276 e. The minimum absolute atomic E-state index is 0.0768. The highest BCUT2D eigenvalue weighted by Crippen LogP contribution is 2.31.